The van der Waals surface area contributed by atoms with Crippen molar-refractivity contribution in [1.29, 1.82) is 0 Å². The molecule has 0 saturated heterocycles. The zero-order chi connectivity index (χ0) is 19.7. The summed E-state index contributed by atoms with van der Waals surface area (Å²) in [6.07, 6.45) is 5.49. The molecular formula is C21H23ClFN5O. The van der Waals surface area contributed by atoms with E-state index in [9.17, 15) is 9.50 Å². The lowest BCUT2D eigenvalue weighted by Crippen LogP contribution is -2.25. The quantitative estimate of drug-likeness (QED) is 0.468. The van der Waals surface area contributed by atoms with E-state index >= 15 is 0 Å². The third-order valence-corrected chi connectivity index (χ3v) is 5.17. The van der Waals surface area contributed by atoms with Crippen LogP contribution >= 0.6 is 12.4 Å². The summed E-state index contributed by atoms with van der Waals surface area (Å²) >= 11 is 0. The third-order valence-electron chi connectivity index (χ3n) is 5.17. The Morgan fingerprint density at radius 1 is 1.14 bits per heavy atom. The molecule has 3 aromatic rings. The first kappa shape index (κ1) is 21.0. The van der Waals surface area contributed by atoms with Crippen molar-refractivity contribution >= 4 is 29.4 Å². The molecule has 8 heteroatoms. The van der Waals surface area contributed by atoms with Gasteiger partial charge in [0.05, 0.1) is 0 Å². The number of aromatic nitrogens is 4. The molecule has 0 aliphatic heterocycles. The molecule has 4 rings (SSSR count). The molecule has 0 spiro atoms. The molecular weight excluding hydrogens is 393 g/mol. The number of aliphatic hydroxyl groups is 1. The number of hydrogen-bond acceptors (Lipinski definition) is 5. The van der Waals surface area contributed by atoms with Crippen LogP contribution in [0.3, 0.4) is 0 Å². The number of anilines is 1. The fourth-order valence-electron chi connectivity index (χ4n) is 3.63. The Bertz CT molecular complexity index is 1090. The molecule has 152 valence electrons. The number of halogens is 2. The summed E-state index contributed by atoms with van der Waals surface area (Å²) in [5.74, 6) is 6.51. The van der Waals surface area contributed by atoms with E-state index in [0.717, 1.165) is 25.7 Å². The van der Waals surface area contributed by atoms with Crippen molar-refractivity contribution in [3.63, 3.8) is 0 Å². The van der Waals surface area contributed by atoms with E-state index in [0.29, 0.717) is 35.4 Å². The first-order valence-electron chi connectivity index (χ1n) is 9.47. The highest BCUT2D eigenvalue weighted by molar-refractivity contribution is 5.86. The van der Waals surface area contributed by atoms with E-state index in [-0.39, 0.29) is 29.9 Å². The third kappa shape index (κ3) is 4.34. The predicted molar refractivity (Wildman–Crippen MR) is 113 cm³/mol. The minimum absolute atomic E-state index is 0. The fourth-order valence-corrected chi connectivity index (χ4v) is 3.63. The minimum atomic E-state index is -0.997. The standard InChI is InChI=1S/C21H22FN5O.ClH/c1-27-19(14-7-6-8-15(22)13-14)26-17-18(23)24-16(25-20(17)27)9-12-21(28)10-4-2-3-5-11-21;/h6-8,13,28H,2-5,10-11H2,1H3,(H2,23,24,25);1H. The number of nitrogens with two attached hydrogens (primary N) is 1. The number of imidazole rings is 1. The molecule has 6 nitrogen and oxygen atoms in total. The first-order chi connectivity index (χ1) is 13.5. The Labute approximate surface area is 174 Å². The van der Waals surface area contributed by atoms with Crippen LogP contribution in [0, 0.1) is 17.7 Å². The van der Waals surface area contributed by atoms with Crippen LogP contribution in [-0.4, -0.2) is 30.2 Å². The van der Waals surface area contributed by atoms with E-state index in [1.807, 2.05) is 0 Å². The van der Waals surface area contributed by atoms with Gasteiger partial charge < -0.3 is 15.4 Å². The molecule has 1 aromatic carbocycles. The van der Waals surface area contributed by atoms with Crippen molar-refractivity contribution in [2.75, 3.05) is 5.73 Å². The summed E-state index contributed by atoms with van der Waals surface area (Å²) in [4.78, 5) is 13.2. The SMILES string of the molecule is Cl.Cn1c(-c2cccc(F)c2)nc2c(N)nc(C#CC3(O)CCCCCC3)nc21. The topological polar surface area (TPSA) is 89.9 Å². The Morgan fingerprint density at radius 3 is 2.55 bits per heavy atom. The number of hydrogen-bond donors (Lipinski definition) is 2. The lowest BCUT2D eigenvalue weighted by Gasteiger charge is -2.18. The Kier molecular flexibility index (Phi) is 6.06. The fraction of sp³-hybridized carbons (Fsp3) is 0.381. The van der Waals surface area contributed by atoms with Gasteiger partial charge in [-0.15, -0.1) is 12.4 Å². The zero-order valence-electron chi connectivity index (χ0n) is 16.2. The van der Waals surface area contributed by atoms with Gasteiger partial charge in [-0.3, -0.25) is 0 Å². The summed E-state index contributed by atoms with van der Waals surface area (Å²) in [7, 11) is 1.79. The van der Waals surface area contributed by atoms with E-state index < -0.39 is 5.60 Å². The number of nitrogens with zero attached hydrogens (tertiary/aromatic N) is 4. The normalized spacial score (nSPS) is 15.8. The Balaban J connectivity index is 0.00000240. The molecule has 29 heavy (non-hydrogen) atoms. The second kappa shape index (κ2) is 8.36. The van der Waals surface area contributed by atoms with Crippen LogP contribution in [0.2, 0.25) is 0 Å². The van der Waals surface area contributed by atoms with Gasteiger partial charge in [-0.2, -0.15) is 0 Å². The van der Waals surface area contributed by atoms with Crippen molar-refractivity contribution in [2.24, 2.45) is 7.05 Å². The second-order valence-corrected chi connectivity index (χ2v) is 7.31. The molecule has 0 bridgehead atoms. The molecule has 0 unspecified atom stereocenters. The summed E-state index contributed by atoms with van der Waals surface area (Å²) in [6.45, 7) is 0. The summed E-state index contributed by atoms with van der Waals surface area (Å²) < 4.78 is 15.3. The molecule has 1 aliphatic rings. The number of rotatable bonds is 1. The number of benzene rings is 1. The maximum Gasteiger partial charge on any atom is 0.209 e. The largest absolute Gasteiger partial charge is 0.382 e. The summed E-state index contributed by atoms with van der Waals surface area (Å²) in [5, 5.41) is 10.7. The van der Waals surface area contributed by atoms with Crippen LogP contribution in [0.4, 0.5) is 10.2 Å². The van der Waals surface area contributed by atoms with Crippen LogP contribution in [0.5, 0.6) is 0 Å². The van der Waals surface area contributed by atoms with Crippen LogP contribution in [-0.2, 0) is 7.05 Å². The van der Waals surface area contributed by atoms with E-state index in [2.05, 4.69) is 26.8 Å². The number of aryl methyl sites for hydroxylation is 1. The van der Waals surface area contributed by atoms with Gasteiger partial charge in [-0.25, -0.2) is 19.3 Å². The smallest absolute Gasteiger partial charge is 0.209 e. The summed E-state index contributed by atoms with van der Waals surface area (Å²) in [6, 6.07) is 6.19. The predicted octanol–water partition coefficient (Wildman–Crippen LogP) is 3.61. The molecule has 3 N–H and O–H groups in total. The van der Waals surface area contributed by atoms with E-state index in [1.165, 1.54) is 12.1 Å². The van der Waals surface area contributed by atoms with E-state index in [1.54, 1.807) is 23.7 Å². The Hall–Kier alpha value is -2.69. The molecule has 1 fully saturated rings. The van der Waals surface area contributed by atoms with Crippen LogP contribution in [0.1, 0.15) is 44.3 Å². The van der Waals surface area contributed by atoms with Gasteiger partial charge >= 0.3 is 0 Å². The van der Waals surface area contributed by atoms with Gasteiger partial charge in [0, 0.05) is 12.6 Å². The molecule has 1 saturated carbocycles. The van der Waals surface area contributed by atoms with Crippen LogP contribution in [0.25, 0.3) is 22.6 Å². The number of fused-ring (bicyclic) bond motifs is 1. The minimum Gasteiger partial charge on any atom is -0.382 e. The van der Waals surface area contributed by atoms with Gasteiger partial charge in [0.2, 0.25) is 5.82 Å². The summed E-state index contributed by atoms with van der Waals surface area (Å²) in [5.41, 5.74) is 6.67. The van der Waals surface area contributed by atoms with Gasteiger partial charge in [0.1, 0.15) is 17.2 Å². The highest BCUT2D eigenvalue weighted by Gasteiger charge is 2.25. The Morgan fingerprint density at radius 2 is 1.86 bits per heavy atom. The molecule has 2 aromatic heterocycles. The molecule has 1 aliphatic carbocycles. The van der Waals surface area contributed by atoms with Crippen LogP contribution < -0.4 is 5.73 Å². The lowest BCUT2D eigenvalue weighted by molar-refractivity contribution is 0.0849. The van der Waals surface area contributed by atoms with Crippen molar-refractivity contribution in [3.05, 3.63) is 35.9 Å². The van der Waals surface area contributed by atoms with E-state index in [4.69, 9.17) is 5.73 Å². The number of nitrogen functional groups attached to an aromatic ring is 1. The highest BCUT2D eigenvalue weighted by Crippen LogP contribution is 2.27. The van der Waals surface area contributed by atoms with Gasteiger partial charge in [-0.05, 0) is 43.7 Å². The average Bonchev–Trinajstić information content (AvgIpc) is 2.85. The first-order valence-corrected chi connectivity index (χ1v) is 9.47. The molecule has 2 heterocycles. The second-order valence-electron chi connectivity index (χ2n) is 7.31. The van der Waals surface area contributed by atoms with Gasteiger partial charge in [0.25, 0.3) is 0 Å². The average molecular weight is 416 g/mol. The molecule has 0 amide bonds. The van der Waals surface area contributed by atoms with Crippen molar-refractivity contribution < 1.29 is 9.50 Å². The maximum atomic E-state index is 13.6. The van der Waals surface area contributed by atoms with Crippen molar-refractivity contribution in [3.8, 4) is 23.2 Å². The molecule has 0 radical (unpaired) electrons. The lowest BCUT2D eigenvalue weighted by atomic mass is 9.95. The zero-order valence-corrected chi connectivity index (χ0v) is 17.0. The monoisotopic (exact) mass is 415 g/mol. The maximum absolute atomic E-state index is 13.6. The van der Waals surface area contributed by atoms with Gasteiger partial charge in [-0.1, -0.05) is 30.9 Å². The van der Waals surface area contributed by atoms with Gasteiger partial charge in [0.15, 0.2) is 17.0 Å². The van der Waals surface area contributed by atoms with Crippen LogP contribution in [0.15, 0.2) is 24.3 Å². The highest BCUT2D eigenvalue weighted by atomic mass is 35.5. The molecule has 0 atom stereocenters. The van der Waals surface area contributed by atoms with Crippen molar-refractivity contribution in [2.45, 2.75) is 44.1 Å². The van der Waals surface area contributed by atoms with Crippen molar-refractivity contribution in [1.82, 2.24) is 19.5 Å².